The van der Waals surface area contributed by atoms with Crippen LogP contribution in [0.1, 0.15) is 50.3 Å². The van der Waals surface area contributed by atoms with E-state index in [-0.39, 0.29) is 6.61 Å². The molecule has 1 aromatic heterocycles. The summed E-state index contributed by atoms with van der Waals surface area (Å²) in [6, 6.07) is 16.8. The Bertz CT molecular complexity index is 1080. The van der Waals surface area contributed by atoms with Gasteiger partial charge in [-0.2, -0.15) is 4.68 Å². The van der Waals surface area contributed by atoms with Gasteiger partial charge in [0.15, 0.2) is 0 Å². The summed E-state index contributed by atoms with van der Waals surface area (Å²) in [5, 5.41) is 15.0. The van der Waals surface area contributed by atoms with Crippen LogP contribution in [0.25, 0.3) is 0 Å². The molecule has 0 aliphatic carbocycles. The number of carbonyl (C=O) groups excluding carboxylic acids is 1. The van der Waals surface area contributed by atoms with Crippen LogP contribution >= 0.6 is 0 Å². The first kappa shape index (κ1) is 21.5. The Hall–Kier alpha value is -3.68. The molecule has 1 aliphatic heterocycles. The molecule has 8 heteroatoms. The van der Waals surface area contributed by atoms with E-state index in [0.717, 1.165) is 36.1 Å². The second kappa shape index (κ2) is 10.1. The minimum atomic E-state index is -0.501. The standard InChI is InChI=1S/C24H27N5O3/c1-3-4-8-15-31-20-13-11-19(12-14-20)22-21(17(2)25-24-26-27-28-29(22)24)23(30)32-16-18-9-6-5-7-10-18/h5-7,9-14,22H,3-4,8,15-16H2,1-2H3,(H,25,26,28). The second-order valence-corrected chi connectivity index (χ2v) is 7.70. The Morgan fingerprint density at radius 3 is 2.62 bits per heavy atom. The number of carbonyl (C=O) groups is 1. The van der Waals surface area contributed by atoms with Crippen molar-refractivity contribution in [3.8, 4) is 5.75 Å². The van der Waals surface area contributed by atoms with Crippen LogP contribution in [0.3, 0.4) is 0 Å². The average molecular weight is 434 g/mol. The molecular weight excluding hydrogens is 406 g/mol. The Morgan fingerprint density at radius 1 is 1.09 bits per heavy atom. The minimum Gasteiger partial charge on any atom is -0.494 e. The summed E-state index contributed by atoms with van der Waals surface area (Å²) in [5.74, 6) is 0.863. The first-order chi connectivity index (χ1) is 15.7. The zero-order chi connectivity index (χ0) is 22.3. The molecule has 1 atom stereocenters. The number of ether oxygens (including phenoxy) is 2. The fraction of sp³-hybridized carbons (Fsp3) is 0.333. The van der Waals surface area contributed by atoms with Crippen molar-refractivity contribution in [2.75, 3.05) is 11.9 Å². The summed E-state index contributed by atoms with van der Waals surface area (Å²) in [5.41, 5.74) is 2.92. The molecule has 0 spiro atoms. The molecule has 1 N–H and O–H groups in total. The van der Waals surface area contributed by atoms with Gasteiger partial charge in [0.1, 0.15) is 18.4 Å². The molecule has 0 bridgehead atoms. The molecule has 32 heavy (non-hydrogen) atoms. The fourth-order valence-electron chi connectivity index (χ4n) is 3.67. The summed E-state index contributed by atoms with van der Waals surface area (Å²) in [7, 11) is 0. The number of fused-ring (bicyclic) bond motifs is 1. The van der Waals surface area contributed by atoms with Gasteiger partial charge in [0.05, 0.1) is 12.2 Å². The van der Waals surface area contributed by atoms with Gasteiger partial charge in [-0.1, -0.05) is 67.3 Å². The summed E-state index contributed by atoms with van der Waals surface area (Å²) in [6.07, 6.45) is 3.33. The summed E-state index contributed by atoms with van der Waals surface area (Å²) >= 11 is 0. The van der Waals surface area contributed by atoms with Crippen molar-refractivity contribution in [2.45, 2.75) is 45.8 Å². The van der Waals surface area contributed by atoms with Gasteiger partial charge in [-0.15, -0.1) is 0 Å². The molecule has 0 radical (unpaired) electrons. The predicted molar refractivity (Wildman–Crippen MR) is 120 cm³/mol. The third-order valence-electron chi connectivity index (χ3n) is 5.36. The monoisotopic (exact) mass is 433 g/mol. The minimum absolute atomic E-state index is 0.191. The molecule has 0 saturated carbocycles. The van der Waals surface area contributed by atoms with Gasteiger partial charge in [0.25, 0.3) is 0 Å². The summed E-state index contributed by atoms with van der Waals surface area (Å²) in [6.45, 7) is 4.87. The zero-order valence-corrected chi connectivity index (χ0v) is 18.3. The fourth-order valence-corrected chi connectivity index (χ4v) is 3.67. The highest BCUT2D eigenvalue weighted by Crippen LogP contribution is 2.35. The SMILES string of the molecule is CCCCCOc1ccc(C2C(C(=O)OCc3ccccc3)=C(C)Nc3nnnn32)cc1. The van der Waals surface area contributed by atoms with Crippen molar-refractivity contribution in [1.29, 1.82) is 0 Å². The Labute approximate surface area is 187 Å². The summed E-state index contributed by atoms with van der Waals surface area (Å²) in [4.78, 5) is 13.1. The van der Waals surface area contributed by atoms with Gasteiger partial charge >= 0.3 is 5.97 Å². The molecule has 1 aliphatic rings. The highest BCUT2D eigenvalue weighted by Gasteiger charge is 2.35. The van der Waals surface area contributed by atoms with E-state index in [1.807, 2.05) is 61.5 Å². The van der Waals surface area contributed by atoms with Crippen molar-refractivity contribution in [2.24, 2.45) is 0 Å². The molecule has 4 rings (SSSR count). The van der Waals surface area contributed by atoms with Gasteiger partial charge in [-0.3, -0.25) is 0 Å². The quantitative estimate of drug-likeness (QED) is 0.398. The van der Waals surface area contributed by atoms with Crippen molar-refractivity contribution < 1.29 is 14.3 Å². The lowest BCUT2D eigenvalue weighted by Gasteiger charge is -2.27. The largest absolute Gasteiger partial charge is 0.494 e. The molecule has 1 unspecified atom stereocenters. The van der Waals surface area contributed by atoms with Gasteiger partial charge in [0, 0.05) is 5.70 Å². The number of rotatable bonds is 9. The van der Waals surface area contributed by atoms with Crippen LogP contribution < -0.4 is 10.1 Å². The molecule has 166 valence electrons. The van der Waals surface area contributed by atoms with Crippen LogP contribution in [0.2, 0.25) is 0 Å². The first-order valence-electron chi connectivity index (χ1n) is 10.9. The third kappa shape index (κ3) is 4.80. The van der Waals surface area contributed by atoms with Crippen molar-refractivity contribution >= 4 is 11.9 Å². The Kier molecular flexibility index (Phi) is 6.79. The average Bonchev–Trinajstić information content (AvgIpc) is 3.28. The van der Waals surface area contributed by atoms with E-state index in [1.165, 1.54) is 0 Å². The number of unbranched alkanes of at least 4 members (excludes halogenated alkanes) is 2. The lowest BCUT2D eigenvalue weighted by molar-refractivity contribution is -0.140. The van der Waals surface area contributed by atoms with Gasteiger partial charge < -0.3 is 14.8 Å². The van der Waals surface area contributed by atoms with E-state index in [0.29, 0.717) is 23.8 Å². The number of hydrogen-bond donors (Lipinski definition) is 1. The van der Waals surface area contributed by atoms with Crippen LogP contribution in [0.4, 0.5) is 5.95 Å². The lowest BCUT2D eigenvalue weighted by atomic mass is 9.95. The highest BCUT2D eigenvalue weighted by atomic mass is 16.5. The topological polar surface area (TPSA) is 91.2 Å². The number of hydrogen-bond acceptors (Lipinski definition) is 7. The lowest BCUT2D eigenvalue weighted by Crippen LogP contribution is -2.29. The molecule has 3 aromatic rings. The van der Waals surface area contributed by atoms with Crippen molar-refractivity contribution in [3.05, 3.63) is 77.0 Å². The first-order valence-corrected chi connectivity index (χ1v) is 10.9. The second-order valence-electron chi connectivity index (χ2n) is 7.70. The Morgan fingerprint density at radius 2 is 1.88 bits per heavy atom. The maximum Gasteiger partial charge on any atom is 0.338 e. The van der Waals surface area contributed by atoms with E-state index in [9.17, 15) is 4.79 Å². The number of benzene rings is 2. The van der Waals surface area contributed by atoms with Crippen molar-refractivity contribution in [3.63, 3.8) is 0 Å². The van der Waals surface area contributed by atoms with E-state index in [4.69, 9.17) is 9.47 Å². The smallest absolute Gasteiger partial charge is 0.338 e. The third-order valence-corrected chi connectivity index (χ3v) is 5.36. The number of nitrogens with one attached hydrogen (secondary N) is 1. The number of esters is 1. The number of allylic oxidation sites excluding steroid dienone is 1. The van der Waals surface area contributed by atoms with Gasteiger partial charge in [-0.25, -0.2) is 4.79 Å². The van der Waals surface area contributed by atoms with Crippen LogP contribution in [-0.2, 0) is 16.1 Å². The molecule has 0 fully saturated rings. The zero-order valence-electron chi connectivity index (χ0n) is 18.3. The number of tetrazole rings is 1. The van der Waals surface area contributed by atoms with Gasteiger partial charge in [-0.05, 0) is 47.0 Å². The number of nitrogens with zero attached hydrogens (tertiary/aromatic N) is 4. The molecule has 0 saturated heterocycles. The molecule has 2 aromatic carbocycles. The van der Waals surface area contributed by atoms with Crippen LogP contribution in [0.5, 0.6) is 5.75 Å². The van der Waals surface area contributed by atoms with Crippen LogP contribution in [0, 0.1) is 0 Å². The molecular formula is C24H27N5O3. The van der Waals surface area contributed by atoms with E-state index >= 15 is 0 Å². The molecule has 8 nitrogen and oxygen atoms in total. The summed E-state index contributed by atoms with van der Waals surface area (Å²) < 4.78 is 13.1. The van der Waals surface area contributed by atoms with Crippen LogP contribution in [-0.4, -0.2) is 32.8 Å². The van der Waals surface area contributed by atoms with E-state index in [2.05, 4.69) is 27.8 Å². The normalized spacial score (nSPS) is 15.1. The number of aromatic nitrogens is 4. The molecule has 0 amide bonds. The van der Waals surface area contributed by atoms with Crippen LogP contribution in [0.15, 0.2) is 65.9 Å². The van der Waals surface area contributed by atoms with E-state index < -0.39 is 12.0 Å². The maximum atomic E-state index is 13.1. The highest BCUT2D eigenvalue weighted by molar-refractivity contribution is 5.92. The van der Waals surface area contributed by atoms with Crippen molar-refractivity contribution in [1.82, 2.24) is 20.2 Å². The number of anilines is 1. The van der Waals surface area contributed by atoms with Gasteiger partial charge in [0.2, 0.25) is 5.95 Å². The Balaban J connectivity index is 1.56. The maximum absolute atomic E-state index is 13.1. The molecule has 2 heterocycles. The van der Waals surface area contributed by atoms with E-state index in [1.54, 1.807) is 4.68 Å². The predicted octanol–water partition coefficient (Wildman–Crippen LogP) is 4.27.